The SMILES string of the molecule is CCOc1ccc(C(=O)Nc2ccc(Cl)cc2-c2nc3ccccc3s2)cc1Cl. The van der Waals surface area contributed by atoms with E-state index in [1.807, 2.05) is 31.2 Å². The fourth-order valence-electron chi connectivity index (χ4n) is 2.90. The zero-order valence-electron chi connectivity index (χ0n) is 15.4. The molecule has 0 saturated carbocycles. The van der Waals surface area contributed by atoms with E-state index in [9.17, 15) is 4.79 Å². The van der Waals surface area contributed by atoms with E-state index in [-0.39, 0.29) is 5.91 Å². The number of thiazole rings is 1. The molecule has 1 amide bonds. The Morgan fingerprint density at radius 3 is 2.69 bits per heavy atom. The average Bonchev–Trinajstić information content (AvgIpc) is 3.15. The number of amides is 1. The van der Waals surface area contributed by atoms with Gasteiger partial charge in [-0.15, -0.1) is 11.3 Å². The molecule has 29 heavy (non-hydrogen) atoms. The van der Waals surface area contributed by atoms with Crippen molar-refractivity contribution in [2.24, 2.45) is 0 Å². The van der Waals surface area contributed by atoms with Crippen molar-refractivity contribution in [1.82, 2.24) is 4.98 Å². The highest BCUT2D eigenvalue weighted by atomic mass is 35.5. The summed E-state index contributed by atoms with van der Waals surface area (Å²) in [6.07, 6.45) is 0. The maximum Gasteiger partial charge on any atom is 0.255 e. The van der Waals surface area contributed by atoms with Crippen LogP contribution < -0.4 is 10.1 Å². The first-order valence-corrected chi connectivity index (χ1v) is 10.5. The number of nitrogens with zero attached hydrogens (tertiary/aromatic N) is 1. The molecule has 0 saturated heterocycles. The Kier molecular flexibility index (Phi) is 5.72. The molecular weight excluding hydrogens is 427 g/mol. The van der Waals surface area contributed by atoms with Crippen molar-refractivity contribution in [3.8, 4) is 16.3 Å². The molecule has 0 aliphatic carbocycles. The highest BCUT2D eigenvalue weighted by Crippen LogP contribution is 2.36. The summed E-state index contributed by atoms with van der Waals surface area (Å²) in [7, 11) is 0. The predicted molar refractivity (Wildman–Crippen MR) is 121 cm³/mol. The summed E-state index contributed by atoms with van der Waals surface area (Å²) in [6.45, 7) is 2.38. The number of carbonyl (C=O) groups is 1. The van der Waals surface area contributed by atoms with E-state index in [4.69, 9.17) is 27.9 Å². The van der Waals surface area contributed by atoms with Crippen LogP contribution in [-0.4, -0.2) is 17.5 Å². The van der Waals surface area contributed by atoms with E-state index in [2.05, 4.69) is 10.3 Å². The van der Waals surface area contributed by atoms with Crippen molar-refractivity contribution in [3.05, 3.63) is 76.3 Å². The first-order valence-electron chi connectivity index (χ1n) is 8.94. The lowest BCUT2D eigenvalue weighted by Crippen LogP contribution is -2.12. The van der Waals surface area contributed by atoms with Gasteiger partial charge >= 0.3 is 0 Å². The van der Waals surface area contributed by atoms with E-state index in [0.717, 1.165) is 20.8 Å². The van der Waals surface area contributed by atoms with Crippen molar-refractivity contribution in [2.75, 3.05) is 11.9 Å². The summed E-state index contributed by atoms with van der Waals surface area (Å²) < 4.78 is 6.49. The zero-order valence-corrected chi connectivity index (χ0v) is 17.7. The van der Waals surface area contributed by atoms with E-state index in [0.29, 0.717) is 33.7 Å². The highest BCUT2D eigenvalue weighted by Gasteiger charge is 2.15. The van der Waals surface area contributed by atoms with Gasteiger partial charge in [0.25, 0.3) is 5.91 Å². The number of aromatic nitrogens is 1. The maximum absolute atomic E-state index is 12.8. The number of para-hydroxylation sites is 1. The van der Waals surface area contributed by atoms with Crippen LogP contribution in [0.3, 0.4) is 0 Å². The zero-order chi connectivity index (χ0) is 20.4. The van der Waals surface area contributed by atoms with Crippen molar-refractivity contribution < 1.29 is 9.53 Å². The van der Waals surface area contributed by atoms with Gasteiger partial charge in [0.2, 0.25) is 0 Å². The lowest BCUT2D eigenvalue weighted by Gasteiger charge is -2.11. The Hall–Kier alpha value is -2.60. The fraction of sp³-hybridized carbons (Fsp3) is 0.0909. The van der Waals surface area contributed by atoms with Crippen LogP contribution in [0.5, 0.6) is 5.75 Å². The van der Waals surface area contributed by atoms with Crippen LogP contribution in [0.1, 0.15) is 17.3 Å². The van der Waals surface area contributed by atoms with Gasteiger partial charge in [-0.05, 0) is 55.5 Å². The predicted octanol–water partition coefficient (Wildman–Crippen LogP) is 6.92. The largest absolute Gasteiger partial charge is 0.492 e. The van der Waals surface area contributed by atoms with Crippen LogP contribution in [0.15, 0.2) is 60.7 Å². The van der Waals surface area contributed by atoms with Crippen LogP contribution in [0.2, 0.25) is 10.0 Å². The first kappa shape index (κ1) is 19.7. The highest BCUT2D eigenvalue weighted by molar-refractivity contribution is 7.21. The second-order valence-corrected chi connectivity index (χ2v) is 8.08. The van der Waals surface area contributed by atoms with Crippen LogP contribution in [0.25, 0.3) is 20.8 Å². The quantitative estimate of drug-likeness (QED) is 0.364. The number of benzene rings is 3. The maximum atomic E-state index is 12.8. The molecule has 4 aromatic rings. The molecule has 0 fully saturated rings. The molecule has 1 aromatic heterocycles. The minimum Gasteiger partial charge on any atom is -0.492 e. The van der Waals surface area contributed by atoms with Gasteiger partial charge in [-0.3, -0.25) is 4.79 Å². The molecule has 0 unspecified atom stereocenters. The summed E-state index contributed by atoms with van der Waals surface area (Å²) in [4.78, 5) is 17.5. The number of hydrogen-bond donors (Lipinski definition) is 1. The molecule has 0 bridgehead atoms. The minimum absolute atomic E-state index is 0.278. The molecule has 146 valence electrons. The molecule has 4 nitrogen and oxygen atoms in total. The fourth-order valence-corrected chi connectivity index (χ4v) is 4.30. The van der Waals surface area contributed by atoms with Crippen LogP contribution in [0.4, 0.5) is 5.69 Å². The number of carbonyl (C=O) groups excluding carboxylic acids is 1. The van der Waals surface area contributed by atoms with Crippen molar-refractivity contribution in [2.45, 2.75) is 6.92 Å². The van der Waals surface area contributed by atoms with Crippen molar-refractivity contribution >= 4 is 56.3 Å². The number of ether oxygens (including phenoxy) is 1. The summed E-state index contributed by atoms with van der Waals surface area (Å²) >= 11 is 14.0. The van der Waals surface area contributed by atoms with Gasteiger partial charge in [-0.1, -0.05) is 35.3 Å². The van der Waals surface area contributed by atoms with Gasteiger partial charge in [0.15, 0.2) is 0 Å². The third-order valence-corrected chi connectivity index (χ3v) is 5.85. The minimum atomic E-state index is -0.278. The summed E-state index contributed by atoms with van der Waals surface area (Å²) in [6, 6.07) is 18.2. The number of fused-ring (bicyclic) bond motifs is 1. The molecule has 0 radical (unpaired) electrons. The molecule has 7 heteroatoms. The van der Waals surface area contributed by atoms with Crippen LogP contribution >= 0.6 is 34.5 Å². The molecular formula is C22H16Cl2N2O2S. The molecule has 0 atom stereocenters. The van der Waals surface area contributed by atoms with Gasteiger partial charge in [0, 0.05) is 16.1 Å². The topological polar surface area (TPSA) is 51.2 Å². The monoisotopic (exact) mass is 442 g/mol. The lowest BCUT2D eigenvalue weighted by molar-refractivity contribution is 0.102. The van der Waals surface area contributed by atoms with Gasteiger partial charge in [0.1, 0.15) is 10.8 Å². The van der Waals surface area contributed by atoms with Crippen molar-refractivity contribution in [3.63, 3.8) is 0 Å². The molecule has 3 aromatic carbocycles. The molecule has 1 N–H and O–H groups in total. The number of anilines is 1. The van der Waals surface area contributed by atoms with Crippen molar-refractivity contribution in [1.29, 1.82) is 0 Å². The molecule has 0 aliphatic heterocycles. The van der Waals surface area contributed by atoms with E-state index in [1.54, 1.807) is 47.7 Å². The second-order valence-electron chi connectivity index (χ2n) is 6.21. The number of halogens is 2. The van der Waals surface area contributed by atoms with Gasteiger partial charge in [-0.25, -0.2) is 4.98 Å². The second kappa shape index (κ2) is 8.41. The Morgan fingerprint density at radius 1 is 1.10 bits per heavy atom. The van der Waals surface area contributed by atoms with E-state index >= 15 is 0 Å². The van der Waals surface area contributed by atoms with Crippen LogP contribution in [-0.2, 0) is 0 Å². The Labute approximate surface area is 182 Å². The van der Waals surface area contributed by atoms with Gasteiger partial charge in [0.05, 0.1) is 27.5 Å². The van der Waals surface area contributed by atoms with Gasteiger partial charge in [-0.2, -0.15) is 0 Å². The number of hydrogen-bond acceptors (Lipinski definition) is 4. The third-order valence-electron chi connectivity index (χ3n) is 4.25. The third kappa shape index (κ3) is 4.22. The number of rotatable bonds is 5. The Bertz CT molecular complexity index is 1170. The van der Waals surface area contributed by atoms with Gasteiger partial charge < -0.3 is 10.1 Å². The molecule has 0 aliphatic rings. The Balaban J connectivity index is 1.67. The summed E-state index contributed by atoms with van der Waals surface area (Å²) in [5.74, 6) is 0.270. The molecule has 0 spiro atoms. The lowest BCUT2D eigenvalue weighted by atomic mass is 10.1. The summed E-state index contributed by atoms with van der Waals surface area (Å²) in [5.41, 5.74) is 2.74. The smallest absolute Gasteiger partial charge is 0.255 e. The van der Waals surface area contributed by atoms with E-state index in [1.165, 1.54) is 0 Å². The average molecular weight is 443 g/mol. The molecule has 1 heterocycles. The first-order chi connectivity index (χ1) is 14.0. The standard InChI is InChI=1S/C22H16Cl2N2O2S/c1-2-28-19-10-7-13(11-16(19)24)21(27)25-17-9-8-14(23)12-15(17)22-26-18-5-3-4-6-20(18)29-22/h3-12H,2H2,1H3,(H,25,27). The van der Waals surface area contributed by atoms with Crippen LogP contribution in [0, 0.1) is 0 Å². The van der Waals surface area contributed by atoms with E-state index < -0.39 is 0 Å². The summed E-state index contributed by atoms with van der Waals surface area (Å²) in [5, 5.41) is 4.69. The Morgan fingerprint density at radius 2 is 1.93 bits per heavy atom. The number of nitrogens with one attached hydrogen (secondary N) is 1. The normalized spacial score (nSPS) is 10.9. The molecule has 4 rings (SSSR count).